The van der Waals surface area contributed by atoms with Crippen LogP contribution in [0.3, 0.4) is 0 Å². The largest absolute Gasteiger partial charge is 0.193 e. The minimum atomic E-state index is 0.559. The van der Waals surface area contributed by atoms with E-state index in [4.69, 9.17) is 5.26 Å². The molecule has 2 aliphatic rings. The summed E-state index contributed by atoms with van der Waals surface area (Å²) >= 11 is 0. The molecule has 1 heteroatoms. The van der Waals surface area contributed by atoms with Crippen molar-refractivity contribution in [2.24, 2.45) is 17.8 Å². The van der Waals surface area contributed by atoms with Gasteiger partial charge < -0.3 is 0 Å². The first kappa shape index (κ1) is 11.5. The first-order valence-electron chi connectivity index (χ1n) is 6.41. The van der Waals surface area contributed by atoms with Crippen molar-refractivity contribution in [2.45, 2.75) is 46.5 Å². The van der Waals surface area contributed by atoms with Crippen LogP contribution in [-0.2, 0) is 0 Å². The molecule has 0 N–H and O–H groups in total. The molecule has 0 spiro atoms. The zero-order chi connectivity index (χ0) is 11.7. The van der Waals surface area contributed by atoms with Gasteiger partial charge in [-0.15, -0.1) is 0 Å². The van der Waals surface area contributed by atoms with Crippen LogP contribution in [0.5, 0.6) is 0 Å². The third kappa shape index (κ3) is 1.94. The van der Waals surface area contributed by atoms with Gasteiger partial charge in [0.15, 0.2) is 0 Å². The fourth-order valence-electron chi connectivity index (χ4n) is 3.48. The molecule has 0 bridgehead atoms. The zero-order valence-corrected chi connectivity index (χ0v) is 10.6. The van der Waals surface area contributed by atoms with Crippen LogP contribution in [0, 0.1) is 29.1 Å². The van der Waals surface area contributed by atoms with E-state index in [1.54, 1.807) is 11.1 Å². The van der Waals surface area contributed by atoms with Crippen molar-refractivity contribution < 1.29 is 0 Å². The van der Waals surface area contributed by atoms with Crippen LogP contribution >= 0.6 is 0 Å². The summed E-state index contributed by atoms with van der Waals surface area (Å²) in [5, 5.41) is 8.89. The molecule has 0 aliphatic heterocycles. The number of fused-ring (bicyclic) bond motifs is 1. The Hall–Kier alpha value is -1.03. The summed E-state index contributed by atoms with van der Waals surface area (Å²) in [6, 6.07) is 2.26. The first-order valence-corrected chi connectivity index (χ1v) is 6.41. The molecule has 0 aromatic carbocycles. The molecule has 0 aromatic heterocycles. The van der Waals surface area contributed by atoms with E-state index in [0.29, 0.717) is 5.92 Å². The third-order valence-electron chi connectivity index (χ3n) is 4.37. The summed E-state index contributed by atoms with van der Waals surface area (Å²) < 4.78 is 0. The second kappa shape index (κ2) is 4.45. The van der Waals surface area contributed by atoms with Crippen molar-refractivity contribution in [3.63, 3.8) is 0 Å². The highest BCUT2D eigenvalue weighted by Gasteiger charge is 2.35. The van der Waals surface area contributed by atoms with E-state index in [2.05, 4.69) is 26.0 Å². The Morgan fingerprint density at radius 2 is 2.12 bits per heavy atom. The summed E-state index contributed by atoms with van der Waals surface area (Å²) in [5.74, 6) is 2.21. The molecule has 0 aromatic rings. The second-order valence-electron chi connectivity index (χ2n) is 5.50. The van der Waals surface area contributed by atoms with Gasteiger partial charge in [0, 0.05) is 5.57 Å². The van der Waals surface area contributed by atoms with Gasteiger partial charge in [0.05, 0.1) is 6.07 Å². The standard InChI is InChI=1S/C15H21N/c1-10(9-16)8-13-6-4-11(2)14-7-5-12(3)15(13)14/h8,11,13-14H,4-7H2,1-3H3/b10-8+/t11-,13+,14-/m1/s1. The van der Waals surface area contributed by atoms with E-state index < -0.39 is 0 Å². The Balaban J connectivity index is 2.28. The van der Waals surface area contributed by atoms with Crippen molar-refractivity contribution in [1.29, 1.82) is 5.26 Å². The molecule has 0 radical (unpaired) electrons. The molecular formula is C15H21N. The molecule has 3 atom stereocenters. The lowest BCUT2D eigenvalue weighted by Gasteiger charge is -2.33. The number of hydrogen-bond acceptors (Lipinski definition) is 1. The molecule has 86 valence electrons. The predicted octanol–water partition coefficient (Wildman–Crippen LogP) is 4.23. The summed E-state index contributed by atoms with van der Waals surface area (Å²) in [4.78, 5) is 0. The highest BCUT2D eigenvalue weighted by Crippen LogP contribution is 2.48. The highest BCUT2D eigenvalue weighted by atomic mass is 14.4. The van der Waals surface area contributed by atoms with Crippen molar-refractivity contribution in [1.82, 2.24) is 0 Å². The van der Waals surface area contributed by atoms with Crippen molar-refractivity contribution >= 4 is 0 Å². The number of nitrogens with zero attached hydrogens (tertiary/aromatic N) is 1. The Kier molecular flexibility index (Phi) is 3.19. The molecule has 2 aliphatic carbocycles. The number of allylic oxidation sites excluding steroid dienone is 4. The zero-order valence-electron chi connectivity index (χ0n) is 10.6. The molecular weight excluding hydrogens is 194 g/mol. The molecule has 0 amide bonds. The SMILES string of the molecule is CC1=C2[C@H](/C=C(\C)C#N)CC[C@@H](C)[C@H]2CC1. The van der Waals surface area contributed by atoms with Gasteiger partial charge in [-0.3, -0.25) is 0 Å². The molecule has 0 saturated heterocycles. The van der Waals surface area contributed by atoms with Crippen LogP contribution in [-0.4, -0.2) is 0 Å². The van der Waals surface area contributed by atoms with Crippen LogP contribution in [0.1, 0.15) is 46.5 Å². The normalized spacial score (nSPS) is 34.9. The van der Waals surface area contributed by atoms with E-state index in [-0.39, 0.29) is 0 Å². The van der Waals surface area contributed by atoms with Crippen LogP contribution in [0.15, 0.2) is 22.8 Å². The van der Waals surface area contributed by atoms with Crippen LogP contribution in [0.2, 0.25) is 0 Å². The van der Waals surface area contributed by atoms with E-state index in [0.717, 1.165) is 17.4 Å². The lowest BCUT2D eigenvalue weighted by atomic mass is 9.71. The molecule has 0 unspecified atom stereocenters. The van der Waals surface area contributed by atoms with Gasteiger partial charge in [-0.2, -0.15) is 5.26 Å². The van der Waals surface area contributed by atoms with Crippen molar-refractivity contribution in [3.05, 3.63) is 22.8 Å². The summed E-state index contributed by atoms with van der Waals surface area (Å²) in [6.45, 7) is 6.61. The van der Waals surface area contributed by atoms with Crippen molar-refractivity contribution in [3.8, 4) is 6.07 Å². The van der Waals surface area contributed by atoms with Gasteiger partial charge in [0.2, 0.25) is 0 Å². The molecule has 0 heterocycles. The summed E-state index contributed by atoms with van der Waals surface area (Å²) in [7, 11) is 0. The minimum absolute atomic E-state index is 0.559. The van der Waals surface area contributed by atoms with Gasteiger partial charge in [0.1, 0.15) is 0 Å². The smallest absolute Gasteiger partial charge is 0.0940 e. The monoisotopic (exact) mass is 215 g/mol. The molecule has 2 rings (SSSR count). The number of rotatable bonds is 1. The average molecular weight is 215 g/mol. The Labute approximate surface area is 98.9 Å². The molecule has 1 saturated carbocycles. The Bertz CT molecular complexity index is 381. The van der Waals surface area contributed by atoms with E-state index in [1.165, 1.54) is 25.7 Å². The lowest BCUT2D eigenvalue weighted by Crippen LogP contribution is -2.23. The quantitative estimate of drug-likeness (QED) is 0.474. The highest BCUT2D eigenvalue weighted by molar-refractivity contribution is 5.32. The van der Waals surface area contributed by atoms with Gasteiger partial charge in [-0.05, 0) is 57.3 Å². The van der Waals surface area contributed by atoms with Crippen LogP contribution < -0.4 is 0 Å². The predicted molar refractivity (Wildman–Crippen MR) is 66.7 cm³/mol. The topological polar surface area (TPSA) is 23.8 Å². The minimum Gasteiger partial charge on any atom is -0.193 e. The fourth-order valence-corrected chi connectivity index (χ4v) is 3.48. The van der Waals surface area contributed by atoms with E-state index in [9.17, 15) is 0 Å². The maximum Gasteiger partial charge on any atom is 0.0940 e. The van der Waals surface area contributed by atoms with E-state index >= 15 is 0 Å². The molecule has 1 fully saturated rings. The van der Waals surface area contributed by atoms with Crippen molar-refractivity contribution in [2.75, 3.05) is 0 Å². The summed E-state index contributed by atoms with van der Waals surface area (Å²) in [5.41, 5.74) is 4.15. The van der Waals surface area contributed by atoms with Gasteiger partial charge in [0.25, 0.3) is 0 Å². The average Bonchev–Trinajstić information content (AvgIpc) is 2.66. The fraction of sp³-hybridized carbons (Fsp3) is 0.667. The van der Waals surface area contributed by atoms with Gasteiger partial charge in [-0.1, -0.05) is 24.1 Å². The second-order valence-corrected chi connectivity index (χ2v) is 5.50. The molecule has 16 heavy (non-hydrogen) atoms. The first-order chi connectivity index (χ1) is 7.63. The Morgan fingerprint density at radius 3 is 2.81 bits per heavy atom. The lowest BCUT2D eigenvalue weighted by molar-refractivity contribution is 0.300. The third-order valence-corrected chi connectivity index (χ3v) is 4.37. The van der Waals surface area contributed by atoms with Crippen LogP contribution in [0.4, 0.5) is 0 Å². The van der Waals surface area contributed by atoms with Gasteiger partial charge >= 0.3 is 0 Å². The molecule has 1 nitrogen and oxygen atoms in total. The van der Waals surface area contributed by atoms with Crippen LogP contribution in [0.25, 0.3) is 0 Å². The van der Waals surface area contributed by atoms with Gasteiger partial charge in [-0.25, -0.2) is 0 Å². The Morgan fingerprint density at radius 1 is 1.38 bits per heavy atom. The number of hydrogen-bond donors (Lipinski definition) is 0. The maximum absolute atomic E-state index is 8.89. The number of nitriles is 1. The van der Waals surface area contributed by atoms with E-state index in [1.807, 2.05) is 6.92 Å². The maximum atomic E-state index is 8.89. The summed E-state index contributed by atoms with van der Waals surface area (Å²) in [6.07, 6.45) is 7.38.